The van der Waals surface area contributed by atoms with E-state index in [1.165, 1.54) is 19.3 Å². The first-order valence-corrected chi connectivity index (χ1v) is 9.19. The molecular formula is C18H32N2O2. The molecule has 0 N–H and O–H groups in total. The Hall–Kier alpha value is -0.610. The van der Waals surface area contributed by atoms with Crippen molar-refractivity contribution in [2.75, 3.05) is 32.8 Å². The topological polar surface area (TPSA) is 32.8 Å². The minimum atomic E-state index is 0.179. The molecule has 2 saturated heterocycles. The van der Waals surface area contributed by atoms with Gasteiger partial charge in [0.25, 0.3) is 0 Å². The number of likely N-dealkylation sites (tertiary alicyclic amines) is 1. The summed E-state index contributed by atoms with van der Waals surface area (Å²) < 4.78 is 5.92. The van der Waals surface area contributed by atoms with E-state index in [1.54, 1.807) is 0 Å². The highest BCUT2D eigenvalue weighted by molar-refractivity contribution is 5.78. The van der Waals surface area contributed by atoms with Gasteiger partial charge in [-0.05, 0) is 38.6 Å². The molecule has 1 aliphatic carbocycles. The lowest BCUT2D eigenvalue weighted by Gasteiger charge is -2.58. The Labute approximate surface area is 135 Å². The lowest BCUT2D eigenvalue weighted by Crippen LogP contribution is -2.67. The van der Waals surface area contributed by atoms with Crippen molar-refractivity contribution < 1.29 is 9.53 Å². The maximum atomic E-state index is 12.7. The van der Waals surface area contributed by atoms with Gasteiger partial charge >= 0.3 is 0 Å². The molecule has 0 aromatic heterocycles. The van der Waals surface area contributed by atoms with Gasteiger partial charge < -0.3 is 9.64 Å². The normalized spacial score (nSPS) is 33.6. The van der Waals surface area contributed by atoms with E-state index in [-0.39, 0.29) is 5.41 Å². The van der Waals surface area contributed by atoms with E-state index < -0.39 is 0 Å². The highest BCUT2D eigenvalue weighted by Gasteiger charge is 2.61. The van der Waals surface area contributed by atoms with Crippen molar-refractivity contribution in [2.45, 2.75) is 65.0 Å². The van der Waals surface area contributed by atoms with Gasteiger partial charge in [-0.2, -0.15) is 0 Å². The minimum Gasteiger partial charge on any atom is -0.377 e. The fourth-order valence-electron chi connectivity index (χ4n) is 5.06. The summed E-state index contributed by atoms with van der Waals surface area (Å²) >= 11 is 0. The molecule has 0 bridgehead atoms. The number of carbonyl (C=O) groups excluding carboxylic acids is 1. The van der Waals surface area contributed by atoms with Gasteiger partial charge in [0.15, 0.2) is 0 Å². The second-order valence-electron chi connectivity index (χ2n) is 7.92. The maximum Gasteiger partial charge on any atom is 0.236 e. The van der Waals surface area contributed by atoms with Crippen molar-refractivity contribution in [3.8, 4) is 0 Å². The first-order chi connectivity index (χ1) is 10.6. The second-order valence-corrected chi connectivity index (χ2v) is 7.92. The predicted molar refractivity (Wildman–Crippen MR) is 87.7 cm³/mol. The van der Waals surface area contributed by atoms with E-state index >= 15 is 0 Å². The molecular weight excluding hydrogens is 276 g/mol. The summed E-state index contributed by atoms with van der Waals surface area (Å²) in [6.45, 7) is 11.3. The van der Waals surface area contributed by atoms with Crippen LogP contribution >= 0.6 is 0 Å². The summed E-state index contributed by atoms with van der Waals surface area (Å²) in [6, 6.07) is 0.508. The molecule has 4 nitrogen and oxygen atoms in total. The van der Waals surface area contributed by atoms with Crippen LogP contribution in [-0.4, -0.2) is 60.6 Å². The summed E-state index contributed by atoms with van der Waals surface area (Å²) in [4.78, 5) is 17.2. The Morgan fingerprint density at radius 2 is 2.00 bits per heavy atom. The minimum absolute atomic E-state index is 0.179. The van der Waals surface area contributed by atoms with Gasteiger partial charge in [-0.15, -0.1) is 0 Å². The largest absolute Gasteiger partial charge is 0.377 e. The van der Waals surface area contributed by atoms with Crippen molar-refractivity contribution >= 4 is 5.91 Å². The number of piperidine rings is 1. The molecule has 3 fully saturated rings. The number of hydrogen-bond donors (Lipinski definition) is 0. The molecule has 0 spiro atoms. The van der Waals surface area contributed by atoms with E-state index in [2.05, 4.69) is 30.6 Å². The van der Waals surface area contributed by atoms with Crippen molar-refractivity contribution in [3.05, 3.63) is 0 Å². The quantitative estimate of drug-likeness (QED) is 0.782. The average Bonchev–Trinajstić information content (AvgIpc) is 2.94. The highest BCUT2D eigenvalue weighted by Crippen LogP contribution is 2.54. The van der Waals surface area contributed by atoms with Crippen molar-refractivity contribution in [1.29, 1.82) is 0 Å². The average molecular weight is 308 g/mol. The van der Waals surface area contributed by atoms with Crippen LogP contribution in [0.3, 0.4) is 0 Å². The standard InChI is InChI=1S/C18H32N2O2/c1-4-9-20(13-15(21)19-10-6-5-7-11-19)16-14-8-12-22-17(14)18(16,2)3/h14,16-17H,4-13H2,1-3H3/t14-,16-,17+/m1/s1. The third-order valence-corrected chi connectivity index (χ3v) is 5.99. The molecule has 1 saturated carbocycles. The van der Waals surface area contributed by atoms with Crippen molar-refractivity contribution in [1.82, 2.24) is 9.80 Å². The van der Waals surface area contributed by atoms with Crippen LogP contribution in [0.15, 0.2) is 0 Å². The summed E-state index contributed by atoms with van der Waals surface area (Å²) in [7, 11) is 0. The van der Waals surface area contributed by atoms with Crippen LogP contribution < -0.4 is 0 Å². The lowest BCUT2D eigenvalue weighted by atomic mass is 9.56. The molecule has 0 radical (unpaired) electrons. The zero-order chi connectivity index (χ0) is 15.7. The number of fused-ring (bicyclic) bond motifs is 1. The molecule has 22 heavy (non-hydrogen) atoms. The fourth-order valence-corrected chi connectivity index (χ4v) is 5.06. The zero-order valence-electron chi connectivity index (χ0n) is 14.5. The summed E-state index contributed by atoms with van der Waals surface area (Å²) in [5.74, 6) is 0.974. The number of nitrogens with zero attached hydrogens (tertiary/aromatic N) is 2. The third-order valence-electron chi connectivity index (χ3n) is 5.99. The third kappa shape index (κ3) is 2.80. The number of carbonyl (C=O) groups is 1. The molecule has 4 heteroatoms. The van der Waals surface area contributed by atoms with Crippen LogP contribution in [0.25, 0.3) is 0 Å². The Morgan fingerprint density at radius 1 is 1.27 bits per heavy atom. The van der Waals surface area contributed by atoms with Gasteiger partial charge in [-0.1, -0.05) is 20.8 Å². The van der Waals surface area contributed by atoms with E-state index in [0.717, 1.165) is 39.1 Å². The van der Waals surface area contributed by atoms with Crippen molar-refractivity contribution in [2.24, 2.45) is 11.3 Å². The molecule has 1 amide bonds. The maximum absolute atomic E-state index is 12.7. The molecule has 3 aliphatic rings. The smallest absolute Gasteiger partial charge is 0.236 e. The van der Waals surface area contributed by atoms with E-state index in [0.29, 0.717) is 30.5 Å². The first kappa shape index (κ1) is 16.3. The molecule has 0 unspecified atom stereocenters. The van der Waals surface area contributed by atoms with Crippen LogP contribution in [0, 0.1) is 11.3 Å². The first-order valence-electron chi connectivity index (χ1n) is 9.19. The van der Waals surface area contributed by atoms with Gasteiger partial charge in [0.1, 0.15) is 0 Å². The predicted octanol–water partition coefficient (Wildman–Crippen LogP) is 2.52. The molecule has 3 atom stereocenters. The fraction of sp³-hybridized carbons (Fsp3) is 0.944. The molecule has 2 aliphatic heterocycles. The molecule has 0 aromatic carbocycles. The monoisotopic (exact) mass is 308 g/mol. The summed E-state index contributed by atoms with van der Waals surface area (Å²) in [5.41, 5.74) is 0.179. The van der Waals surface area contributed by atoms with Gasteiger partial charge in [-0.25, -0.2) is 0 Å². The zero-order valence-corrected chi connectivity index (χ0v) is 14.5. The second kappa shape index (κ2) is 6.48. The van der Waals surface area contributed by atoms with Crippen LogP contribution in [0.1, 0.15) is 52.9 Å². The lowest BCUT2D eigenvalue weighted by molar-refractivity contribution is -0.162. The van der Waals surface area contributed by atoms with Crippen LogP contribution in [0.2, 0.25) is 0 Å². The Kier molecular flexibility index (Phi) is 4.79. The number of hydrogen-bond acceptors (Lipinski definition) is 3. The summed E-state index contributed by atoms with van der Waals surface area (Å²) in [5, 5.41) is 0. The highest BCUT2D eigenvalue weighted by atomic mass is 16.5. The van der Waals surface area contributed by atoms with Gasteiger partial charge in [0, 0.05) is 37.1 Å². The van der Waals surface area contributed by atoms with Crippen LogP contribution in [0.4, 0.5) is 0 Å². The SMILES string of the molecule is CCCN(CC(=O)N1CCCCC1)[C@@H]1[C@H]2CCO[C@@H]2C1(C)C. The van der Waals surface area contributed by atoms with E-state index in [9.17, 15) is 4.79 Å². The summed E-state index contributed by atoms with van der Waals surface area (Å²) in [6.07, 6.45) is 6.30. The molecule has 3 rings (SSSR count). The van der Waals surface area contributed by atoms with E-state index in [1.807, 2.05) is 0 Å². The molecule has 126 valence electrons. The van der Waals surface area contributed by atoms with Gasteiger partial charge in [-0.3, -0.25) is 9.69 Å². The molecule has 0 aromatic rings. The van der Waals surface area contributed by atoms with Crippen LogP contribution in [0.5, 0.6) is 0 Å². The number of amides is 1. The Balaban J connectivity index is 1.66. The van der Waals surface area contributed by atoms with Crippen molar-refractivity contribution in [3.63, 3.8) is 0 Å². The Bertz CT molecular complexity index is 404. The molecule has 2 heterocycles. The van der Waals surface area contributed by atoms with Gasteiger partial charge in [0.2, 0.25) is 5.91 Å². The van der Waals surface area contributed by atoms with E-state index in [4.69, 9.17) is 4.74 Å². The number of rotatable bonds is 5. The van der Waals surface area contributed by atoms with Gasteiger partial charge in [0.05, 0.1) is 12.6 Å². The number of ether oxygens (including phenoxy) is 1. The van der Waals surface area contributed by atoms with Crippen LogP contribution in [-0.2, 0) is 9.53 Å². The Morgan fingerprint density at radius 3 is 2.68 bits per heavy atom.